The van der Waals surface area contributed by atoms with Crippen LogP contribution in [0, 0.1) is 10.1 Å². The van der Waals surface area contributed by atoms with Gasteiger partial charge >= 0.3 is 5.97 Å². The first-order valence-corrected chi connectivity index (χ1v) is 6.70. The minimum absolute atomic E-state index is 0.147. The van der Waals surface area contributed by atoms with Crippen molar-refractivity contribution in [3.8, 4) is 0 Å². The summed E-state index contributed by atoms with van der Waals surface area (Å²) in [5.74, 6) is -0.864. The third kappa shape index (κ3) is 3.81. The van der Waals surface area contributed by atoms with Gasteiger partial charge in [0.2, 0.25) is 0 Å². The van der Waals surface area contributed by atoms with Crippen molar-refractivity contribution in [2.24, 2.45) is 0 Å². The summed E-state index contributed by atoms with van der Waals surface area (Å²) < 4.78 is 10.9. The maximum Gasteiger partial charge on any atom is 0.335 e. The molecule has 0 aliphatic carbocycles. The van der Waals surface area contributed by atoms with Crippen LogP contribution in [0.3, 0.4) is 0 Å². The molecule has 0 radical (unpaired) electrons. The number of benzene rings is 1. The van der Waals surface area contributed by atoms with Gasteiger partial charge in [-0.15, -0.1) is 0 Å². The van der Waals surface area contributed by atoms with E-state index in [-0.39, 0.29) is 16.9 Å². The summed E-state index contributed by atoms with van der Waals surface area (Å²) in [5, 5.41) is 22.3. The number of anilines is 1. The number of aromatic carboxylic acids is 1. The van der Waals surface area contributed by atoms with Crippen molar-refractivity contribution in [3.05, 3.63) is 33.9 Å². The molecular formula is C10H12N2O5S. The number of nitrogens with zero attached hydrogens (tertiary/aromatic N) is 1. The third-order valence-electron chi connectivity index (χ3n) is 2.15. The van der Waals surface area contributed by atoms with Crippen LogP contribution in [-0.4, -0.2) is 38.8 Å². The number of hydrogen-bond donors (Lipinski definition) is 2. The molecule has 2 N–H and O–H groups in total. The Morgan fingerprint density at radius 1 is 1.56 bits per heavy atom. The van der Waals surface area contributed by atoms with Crippen molar-refractivity contribution in [2.45, 2.75) is 0 Å². The van der Waals surface area contributed by atoms with Crippen LogP contribution in [-0.2, 0) is 10.8 Å². The average Bonchev–Trinajstić information content (AvgIpc) is 2.28. The quantitative estimate of drug-likeness (QED) is 0.592. The zero-order valence-electron chi connectivity index (χ0n) is 9.58. The number of carboxylic acid groups (broad SMARTS) is 1. The standard InChI is InChI=1S/C10H12N2O5S/c1-18(17)5-4-11-8-3-2-7(10(13)14)6-9(8)12(15)16/h2-3,6,11H,4-5H2,1H3,(H,13,14). The highest BCUT2D eigenvalue weighted by atomic mass is 32.2. The molecular weight excluding hydrogens is 260 g/mol. The third-order valence-corrected chi connectivity index (χ3v) is 2.93. The molecule has 0 aliphatic rings. The fourth-order valence-electron chi connectivity index (χ4n) is 1.29. The van der Waals surface area contributed by atoms with E-state index in [1.54, 1.807) is 0 Å². The predicted molar refractivity (Wildman–Crippen MR) is 67.5 cm³/mol. The van der Waals surface area contributed by atoms with Gasteiger partial charge in [0.1, 0.15) is 5.69 Å². The number of nitro benzene ring substituents is 1. The number of carboxylic acids is 1. The van der Waals surface area contributed by atoms with E-state index in [1.165, 1.54) is 18.4 Å². The van der Waals surface area contributed by atoms with Gasteiger partial charge in [-0.1, -0.05) is 0 Å². The highest BCUT2D eigenvalue weighted by molar-refractivity contribution is 7.84. The molecule has 1 aromatic carbocycles. The van der Waals surface area contributed by atoms with Crippen molar-refractivity contribution >= 4 is 28.1 Å². The second kappa shape index (κ2) is 6.10. The van der Waals surface area contributed by atoms with Crippen LogP contribution in [0.5, 0.6) is 0 Å². The zero-order chi connectivity index (χ0) is 13.7. The van der Waals surface area contributed by atoms with Gasteiger partial charge in [-0.05, 0) is 12.1 Å². The van der Waals surface area contributed by atoms with E-state index in [4.69, 9.17) is 5.11 Å². The molecule has 1 rings (SSSR count). The Kier molecular flexibility index (Phi) is 4.78. The molecule has 1 atom stereocenters. The summed E-state index contributed by atoms with van der Waals surface area (Å²) in [5.41, 5.74) is -0.237. The van der Waals surface area contributed by atoms with Crippen LogP contribution in [0.25, 0.3) is 0 Å². The van der Waals surface area contributed by atoms with Crippen molar-refractivity contribution in [1.82, 2.24) is 0 Å². The molecule has 0 amide bonds. The van der Waals surface area contributed by atoms with Gasteiger partial charge in [-0.3, -0.25) is 14.3 Å². The first-order chi connectivity index (χ1) is 8.41. The lowest BCUT2D eigenvalue weighted by molar-refractivity contribution is -0.384. The minimum atomic E-state index is -1.22. The van der Waals surface area contributed by atoms with Gasteiger partial charge in [-0.2, -0.15) is 0 Å². The molecule has 1 aromatic rings. The summed E-state index contributed by atoms with van der Waals surface area (Å²) in [6.45, 7) is 0.316. The molecule has 0 fully saturated rings. The summed E-state index contributed by atoms with van der Waals surface area (Å²) in [6.07, 6.45) is 1.53. The Balaban J connectivity index is 2.93. The molecule has 1 unspecified atom stereocenters. The normalized spacial score (nSPS) is 11.8. The van der Waals surface area contributed by atoms with E-state index in [1.807, 2.05) is 0 Å². The Bertz CT molecular complexity index is 503. The lowest BCUT2D eigenvalue weighted by Crippen LogP contribution is -2.11. The Morgan fingerprint density at radius 3 is 2.72 bits per heavy atom. The molecule has 0 saturated carbocycles. The van der Waals surface area contributed by atoms with Crippen LogP contribution < -0.4 is 5.32 Å². The highest BCUT2D eigenvalue weighted by Gasteiger charge is 2.16. The van der Waals surface area contributed by atoms with Crippen molar-refractivity contribution in [1.29, 1.82) is 0 Å². The van der Waals surface area contributed by atoms with E-state index in [2.05, 4.69) is 5.32 Å². The second-order valence-corrected chi connectivity index (χ2v) is 5.05. The Labute approximate surface area is 105 Å². The first kappa shape index (κ1) is 14.1. The number of rotatable bonds is 6. The second-order valence-electron chi connectivity index (χ2n) is 3.50. The summed E-state index contributed by atoms with van der Waals surface area (Å²) in [7, 11) is -0.995. The van der Waals surface area contributed by atoms with Crippen LogP contribution in [0.2, 0.25) is 0 Å². The SMILES string of the molecule is CS(=O)CCNc1ccc(C(=O)O)cc1[N+](=O)[O-]. The van der Waals surface area contributed by atoms with Crippen LogP contribution >= 0.6 is 0 Å². The number of nitrogens with one attached hydrogen (secondary N) is 1. The molecule has 8 heteroatoms. The molecule has 0 aromatic heterocycles. The maximum absolute atomic E-state index is 10.9. The van der Waals surface area contributed by atoms with Gasteiger partial charge in [0.15, 0.2) is 0 Å². The van der Waals surface area contributed by atoms with Gasteiger partial charge in [-0.25, -0.2) is 4.79 Å². The van der Waals surface area contributed by atoms with Gasteiger partial charge < -0.3 is 10.4 Å². The highest BCUT2D eigenvalue weighted by Crippen LogP contribution is 2.25. The van der Waals surface area contributed by atoms with E-state index in [9.17, 15) is 19.1 Å². The number of nitro groups is 1. The van der Waals surface area contributed by atoms with Crippen LogP contribution in [0.15, 0.2) is 18.2 Å². The van der Waals surface area contributed by atoms with Crippen molar-refractivity contribution in [2.75, 3.05) is 23.9 Å². The molecule has 0 heterocycles. The molecule has 7 nitrogen and oxygen atoms in total. The lowest BCUT2D eigenvalue weighted by Gasteiger charge is -2.06. The fraction of sp³-hybridized carbons (Fsp3) is 0.300. The number of hydrogen-bond acceptors (Lipinski definition) is 5. The molecule has 0 bridgehead atoms. The average molecular weight is 272 g/mol. The van der Waals surface area contributed by atoms with Crippen molar-refractivity contribution < 1.29 is 19.0 Å². The smallest absolute Gasteiger partial charge is 0.335 e. The van der Waals surface area contributed by atoms with E-state index in [0.717, 1.165) is 6.07 Å². The monoisotopic (exact) mass is 272 g/mol. The molecule has 0 aliphatic heterocycles. The summed E-state index contributed by atoms with van der Waals surface area (Å²) >= 11 is 0. The van der Waals surface area contributed by atoms with E-state index in [0.29, 0.717) is 12.3 Å². The van der Waals surface area contributed by atoms with E-state index < -0.39 is 21.7 Å². The summed E-state index contributed by atoms with van der Waals surface area (Å²) in [6, 6.07) is 3.61. The van der Waals surface area contributed by atoms with E-state index >= 15 is 0 Å². The molecule has 98 valence electrons. The van der Waals surface area contributed by atoms with Gasteiger partial charge in [0.05, 0.1) is 10.5 Å². The molecule has 0 saturated heterocycles. The zero-order valence-corrected chi connectivity index (χ0v) is 10.4. The first-order valence-electron chi connectivity index (χ1n) is 4.97. The number of carbonyl (C=O) groups is 1. The van der Waals surface area contributed by atoms with Gasteiger partial charge in [0.25, 0.3) is 5.69 Å². The molecule has 18 heavy (non-hydrogen) atoms. The molecule has 0 spiro atoms. The topological polar surface area (TPSA) is 110 Å². The largest absolute Gasteiger partial charge is 0.478 e. The van der Waals surface area contributed by atoms with Gasteiger partial charge in [0, 0.05) is 35.4 Å². The Hall–Kier alpha value is -1.96. The van der Waals surface area contributed by atoms with Crippen molar-refractivity contribution in [3.63, 3.8) is 0 Å². The predicted octanol–water partition coefficient (Wildman–Crippen LogP) is 1.08. The van der Waals surface area contributed by atoms with Crippen LogP contribution in [0.1, 0.15) is 10.4 Å². The Morgan fingerprint density at radius 2 is 2.22 bits per heavy atom. The summed E-state index contributed by atoms with van der Waals surface area (Å²) in [4.78, 5) is 20.9. The lowest BCUT2D eigenvalue weighted by atomic mass is 10.1. The van der Waals surface area contributed by atoms with Crippen LogP contribution in [0.4, 0.5) is 11.4 Å². The maximum atomic E-state index is 10.9. The fourth-order valence-corrected chi connectivity index (χ4v) is 1.68. The minimum Gasteiger partial charge on any atom is -0.478 e.